The molecule has 0 N–H and O–H groups in total. The summed E-state index contributed by atoms with van der Waals surface area (Å²) in [6, 6.07) is 2.07. The van der Waals surface area contributed by atoms with Crippen molar-refractivity contribution >= 4 is 40.1 Å². The van der Waals surface area contributed by atoms with Gasteiger partial charge >= 0.3 is 6.18 Å². The number of carbonyl (C=O) groups excluding carboxylic acids is 2. The first-order valence-electron chi connectivity index (χ1n) is 7.19. The molecule has 0 radical (unpaired) electrons. The summed E-state index contributed by atoms with van der Waals surface area (Å²) in [4.78, 5) is 30.0. The number of rotatable bonds is 4. The molecule has 1 aromatic heterocycles. The second kappa shape index (κ2) is 6.79. The topological polar surface area (TPSA) is 62.7 Å². The third-order valence-corrected chi connectivity index (χ3v) is 5.12. The van der Waals surface area contributed by atoms with E-state index in [4.69, 9.17) is 17.0 Å². The minimum absolute atomic E-state index is 0.134. The number of ether oxygens (including phenoxy) is 1. The third-order valence-electron chi connectivity index (χ3n) is 3.69. The fourth-order valence-electron chi connectivity index (χ4n) is 2.34. The molecular formula is C14H12F3N3O3S2. The monoisotopic (exact) mass is 391 g/mol. The molecule has 3 heterocycles. The molecule has 11 heteroatoms. The number of aromatic nitrogens is 1. The van der Waals surface area contributed by atoms with Gasteiger partial charge in [-0.05, 0) is 12.1 Å². The van der Waals surface area contributed by atoms with Crippen LogP contribution in [0.5, 0.6) is 5.88 Å². The van der Waals surface area contributed by atoms with Crippen LogP contribution in [0.3, 0.4) is 0 Å². The van der Waals surface area contributed by atoms with Gasteiger partial charge in [0.2, 0.25) is 17.7 Å². The number of hydrogen-bond donors (Lipinski definition) is 0. The zero-order valence-corrected chi connectivity index (χ0v) is 14.3. The molecule has 2 fully saturated rings. The number of hydrogen-bond acceptors (Lipinski definition) is 6. The Kier molecular flexibility index (Phi) is 4.87. The summed E-state index contributed by atoms with van der Waals surface area (Å²) in [6.45, 7) is 0.109. The molecule has 1 aromatic rings. The second-order valence-corrected chi connectivity index (χ2v) is 7.04. The maximum Gasteiger partial charge on any atom is 0.421 e. The van der Waals surface area contributed by atoms with Crippen molar-refractivity contribution in [2.45, 2.75) is 12.3 Å². The van der Waals surface area contributed by atoms with Crippen molar-refractivity contribution in [2.24, 2.45) is 0 Å². The van der Waals surface area contributed by atoms with Crippen LogP contribution in [-0.4, -0.2) is 62.4 Å². The Hall–Kier alpha value is -1.88. The lowest BCUT2D eigenvalue weighted by atomic mass is 10.1. The molecule has 0 saturated carbocycles. The number of alkyl halides is 3. The summed E-state index contributed by atoms with van der Waals surface area (Å²) in [5, 5.41) is 0. The molecule has 2 aliphatic rings. The van der Waals surface area contributed by atoms with Gasteiger partial charge in [-0.1, -0.05) is 24.0 Å². The van der Waals surface area contributed by atoms with Gasteiger partial charge in [0.1, 0.15) is 22.5 Å². The van der Waals surface area contributed by atoms with Crippen LogP contribution >= 0.6 is 24.0 Å². The largest absolute Gasteiger partial charge is 0.470 e. The Morgan fingerprint density at radius 2 is 2.16 bits per heavy atom. The van der Waals surface area contributed by atoms with Crippen molar-refractivity contribution in [3.63, 3.8) is 0 Å². The van der Waals surface area contributed by atoms with Gasteiger partial charge in [-0.3, -0.25) is 14.5 Å². The number of pyridine rings is 1. The van der Waals surface area contributed by atoms with Crippen molar-refractivity contribution in [3.05, 3.63) is 23.9 Å². The van der Waals surface area contributed by atoms with Crippen LogP contribution in [0.25, 0.3) is 0 Å². The van der Waals surface area contributed by atoms with Crippen LogP contribution < -0.4 is 4.74 Å². The molecule has 0 bridgehead atoms. The SMILES string of the molecule is O=C(CN1C(=O)CSC1=S)N1CC(Oc2ncccc2C(F)(F)F)C1. The van der Waals surface area contributed by atoms with Crippen molar-refractivity contribution in [1.29, 1.82) is 0 Å². The molecular weight excluding hydrogens is 379 g/mol. The number of amides is 2. The van der Waals surface area contributed by atoms with E-state index in [1.807, 2.05) is 0 Å². The van der Waals surface area contributed by atoms with E-state index in [2.05, 4.69) is 4.98 Å². The highest BCUT2D eigenvalue weighted by atomic mass is 32.2. The summed E-state index contributed by atoms with van der Waals surface area (Å²) in [5.41, 5.74) is -0.954. The van der Waals surface area contributed by atoms with E-state index in [1.165, 1.54) is 33.8 Å². The Labute approximate surface area is 150 Å². The van der Waals surface area contributed by atoms with E-state index in [-0.39, 0.29) is 37.2 Å². The summed E-state index contributed by atoms with van der Waals surface area (Å²) >= 11 is 6.19. The van der Waals surface area contributed by atoms with Crippen molar-refractivity contribution < 1.29 is 27.5 Å². The minimum atomic E-state index is -4.56. The van der Waals surface area contributed by atoms with Crippen molar-refractivity contribution in [1.82, 2.24) is 14.8 Å². The van der Waals surface area contributed by atoms with Gasteiger partial charge < -0.3 is 9.64 Å². The van der Waals surface area contributed by atoms with Gasteiger partial charge in [-0.15, -0.1) is 0 Å². The van der Waals surface area contributed by atoms with E-state index in [9.17, 15) is 22.8 Å². The van der Waals surface area contributed by atoms with E-state index < -0.39 is 23.7 Å². The number of halogens is 3. The lowest BCUT2D eigenvalue weighted by Gasteiger charge is -2.39. The predicted molar refractivity (Wildman–Crippen MR) is 87.0 cm³/mol. The molecule has 3 rings (SSSR count). The van der Waals surface area contributed by atoms with E-state index in [1.54, 1.807) is 0 Å². The molecule has 25 heavy (non-hydrogen) atoms. The average Bonchev–Trinajstić information content (AvgIpc) is 2.81. The molecule has 0 spiro atoms. The Bertz CT molecular complexity index is 707. The number of thiocarbonyl (C=S) groups is 1. The van der Waals surface area contributed by atoms with Crippen LogP contribution in [0.1, 0.15) is 5.56 Å². The van der Waals surface area contributed by atoms with Crippen molar-refractivity contribution in [3.8, 4) is 5.88 Å². The van der Waals surface area contributed by atoms with Crippen molar-refractivity contribution in [2.75, 3.05) is 25.4 Å². The quantitative estimate of drug-likeness (QED) is 0.726. The maximum atomic E-state index is 12.9. The third kappa shape index (κ3) is 3.87. The van der Waals surface area contributed by atoms with Gasteiger partial charge in [0.25, 0.3) is 0 Å². The zero-order valence-electron chi connectivity index (χ0n) is 12.7. The maximum absolute atomic E-state index is 12.9. The van der Waals surface area contributed by atoms with Gasteiger partial charge in [0.05, 0.1) is 18.8 Å². The second-order valence-electron chi connectivity index (χ2n) is 5.43. The Morgan fingerprint density at radius 3 is 2.76 bits per heavy atom. The predicted octanol–water partition coefficient (Wildman–Crippen LogP) is 1.55. The highest BCUT2D eigenvalue weighted by Crippen LogP contribution is 2.35. The number of likely N-dealkylation sites (tertiary alicyclic amines) is 1. The molecule has 0 atom stereocenters. The lowest BCUT2D eigenvalue weighted by Crippen LogP contribution is -2.58. The zero-order chi connectivity index (χ0) is 18.2. The smallest absolute Gasteiger partial charge is 0.421 e. The number of nitrogens with zero attached hydrogens (tertiary/aromatic N) is 3. The number of carbonyl (C=O) groups is 2. The van der Waals surface area contributed by atoms with E-state index in [0.29, 0.717) is 4.32 Å². The first-order chi connectivity index (χ1) is 11.8. The first-order valence-corrected chi connectivity index (χ1v) is 8.59. The minimum Gasteiger partial charge on any atom is -0.470 e. The molecule has 6 nitrogen and oxygen atoms in total. The lowest BCUT2D eigenvalue weighted by molar-refractivity contribution is -0.146. The van der Waals surface area contributed by atoms with Gasteiger partial charge in [-0.25, -0.2) is 4.98 Å². The first kappa shape index (κ1) is 17.9. The highest BCUT2D eigenvalue weighted by molar-refractivity contribution is 8.23. The Balaban J connectivity index is 1.54. The standard InChI is InChI=1S/C14H12F3N3O3S2/c15-14(16,17)9-2-1-3-18-12(9)23-8-4-19(5-8)10(21)6-20-11(22)7-25-13(20)24/h1-3,8H,4-7H2. The van der Waals surface area contributed by atoms with Crippen LogP contribution in [0.2, 0.25) is 0 Å². The number of thioether (sulfide) groups is 1. The molecule has 134 valence electrons. The van der Waals surface area contributed by atoms with Gasteiger partial charge in [0.15, 0.2) is 0 Å². The highest BCUT2D eigenvalue weighted by Gasteiger charge is 2.39. The molecule has 2 aliphatic heterocycles. The normalized spacial score (nSPS) is 18.5. The molecule has 0 aromatic carbocycles. The summed E-state index contributed by atoms with van der Waals surface area (Å²) in [6.07, 6.45) is -3.92. The van der Waals surface area contributed by atoms with Crippen LogP contribution in [0.15, 0.2) is 18.3 Å². The van der Waals surface area contributed by atoms with Crippen LogP contribution in [0.4, 0.5) is 13.2 Å². The average molecular weight is 391 g/mol. The van der Waals surface area contributed by atoms with Crippen LogP contribution in [-0.2, 0) is 15.8 Å². The molecule has 2 amide bonds. The molecule has 0 aliphatic carbocycles. The summed E-state index contributed by atoms with van der Waals surface area (Å²) in [7, 11) is 0. The summed E-state index contributed by atoms with van der Waals surface area (Å²) in [5.74, 6) is -0.827. The van der Waals surface area contributed by atoms with Gasteiger partial charge in [0, 0.05) is 6.20 Å². The Morgan fingerprint density at radius 1 is 1.44 bits per heavy atom. The van der Waals surface area contributed by atoms with E-state index in [0.717, 1.165) is 6.07 Å². The fourth-order valence-corrected chi connectivity index (χ4v) is 3.41. The van der Waals surface area contributed by atoms with Gasteiger partial charge in [-0.2, -0.15) is 13.2 Å². The molecule has 0 unspecified atom stereocenters. The molecule has 2 saturated heterocycles. The fraction of sp³-hybridized carbons (Fsp3) is 0.429. The van der Waals surface area contributed by atoms with E-state index >= 15 is 0 Å². The van der Waals surface area contributed by atoms with Crippen LogP contribution in [0, 0.1) is 0 Å². The summed E-state index contributed by atoms with van der Waals surface area (Å²) < 4.78 is 44.3.